The first kappa shape index (κ1) is 8.87. The number of benzene rings is 1. The zero-order valence-corrected chi connectivity index (χ0v) is 7.78. The maximum atomic E-state index is 10.7. The van der Waals surface area contributed by atoms with Crippen LogP contribution in [0.15, 0.2) is 18.2 Å². The molecule has 2 N–H and O–H groups in total. The van der Waals surface area contributed by atoms with Crippen LogP contribution in [0.2, 0.25) is 0 Å². The van der Waals surface area contributed by atoms with Crippen molar-refractivity contribution >= 4 is 11.7 Å². The molecule has 1 aromatic rings. The fourth-order valence-electron chi connectivity index (χ4n) is 1.42. The van der Waals surface area contributed by atoms with E-state index in [4.69, 9.17) is 9.84 Å². The van der Waals surface area contributed by atoms with Gasteiger partial charge < -0.3 is 15.2 Å². The van der Waals surface area contributed by atoms with Crippen molar-refractivity contribution in [2.45, 2.75) is 13.0 Å². The molecule has 1 aromatic carbocycles. The molecule has 1 atom stereocenters. The molecule has 0 spiro atoms. The van der Waals surface area contributed by atoms with Crippen LogP contribution in [0, 0.1) is 0 Å². The summed E-state index contributed by atoms with van der Waals surface area (Å²) in [5.41, 5.74) is 1.03. The average molecular weight is 193 g/mol. The Morgan fingerprint density at radius 3 is 3.14 bits per heavy atom. The largest absolute Gasteiger partial charge is 0.489 e. The summed E-state index contributed by atoms with van der Waals surface area (Å²) in [6.45, 7) is 2.59. The smallest absolute Gasteiger partial charge is 0.335 e. The highest BCUT2D eigenvalue weighted by Crippen LogP contribution is 2.29. The van der Waals surface area contributed by atoms with Gasteiger partial charge in [0.2, 0.25) is 0 Å². The number of carboxylic acids is 1. The molecular formula is C10H11NO3. The third-order valence-corrected chi connectivity index (χ3v) is 2.12. The molecule has 1 aliphatic rings. The van der Waals surface area contributed by atoms with Crippen LogP contribution in [0.1, 0.15) is 17.3 Å². The second kappa shape index (κ2) is 3.21. The third kappa shape index (κ3) is 1.51. The summed E-state index contributed by atoms with van der Waals surface area (Å²) >= 11 is 0. The number of nitrogens with one attached hydrogen (secondary N) is 1. The van der Waals surface area contributed by atoms with Gasteiger partial charge in [-0.2, -0.15) is 0 Å². The predicted molar refractivity (Wildman–Crippen MR) is 52.0 cm³/mol. The van der Waals surface area contributed by atoms with Gasteiger partial charge >= 0.3 is 5.97 Å². The lowest BCUT2D eigenvalue weighted by molar-refractivity contribution is 0.0697. The Kier molecular flexibility index (Phi) is 2.04. The van der Waals surface area contributed by atoms with Gasteiger partial charge in [-0.3, -0.25) is 0 Å². The van der Waals surface area contributed by atoms with Crippen molar-refractivity contribution in [3.63, 3.8) is 0 Å². The van der Waals surface area contributed by atoms with Crippen molar-refractivity contribution in [3.05, 3.63) is 23.8 Å². The topological polar surface area (TPSA) is 58.6 Å². The van der Waals surface area contributed by atoms with Crippen molar-refractivity contribution in [1.82, 2.24) is 0 Å². The normalized spacial score (nSPS) is 19.1. The van der Waals surface area contributed by atoms with Gasteiger partial charge in [0.15, 0.2) is 0 Å². The van der Waals surface area contributed by atoms with Crippen LogP contribution in [0.25, 0.3) is 0 Å². The molecule has 0 aliphatic carbocycles. The highest BCUT2D eigenvalue weighted by Gasteiger charge is 2.16. The summed E-state index contributed by atoms with van der Waals surface area (Å²) in [7, 11) is 0. The minimum Gasteiger partial charge on any atom is -0.489 e. The Balaban J connectivity index is 2.37. The summed E-state index contributed by atoms with van der Waals surface area (Å²) in [5.74, 6) is -0.207. The van der Waals surface area contributed by atoms with E-state index in [1.807, 2.05) is 6.92 Å². The minimum absolute atomic E-state index is 0.214. The highest BCUT2D eigenvalue weighted by atomic mass is 16.5. The van der Waals surface area contributed by atoms with E-state index in [0.29, 0.717) is 12.4 Å². The summed E-state index contributed by atoms with van der Waals surface area (Å²) in [6, 6.07) is 5.02. The van der Waals surface area contributed by atoms with Crippen LogP contribution < -0.4 is 10.1 Å². The lowest BCUT2D eigenvalue weighted by atomic mass is 10.1. The molecule has 0 aromatic heterocycles. The summed E-state index contributed by atoms with van der Waals surface area (Å²) in [6.07, 6.45) is 0. The third-order valence-electron chi connectivity index (χ3n) is 2.12. The van der Waals surface area contributed by atoms with E-state index in [0.717, 1.165) is 5.69 Å². The zero-order valence-electron chi connectivity index (χ0n) is 7.78. The Hall–Kier alpha value is -1.71. The fourth-order valence-corrected chi connectivity index (χ4v) is 1.42. The molecule has 4 nitrogen and oxygen atoms in total. The van der Waals surface area contributed by atoms with Crippen LogP contribution in [0.5, 0.6) is 5.75 Å². The van der Waals surface area contributed by atoms with E-state index in [1.54, 1.807) is 18.2 Å². The molecule has 0 amide bonds. The molecular weight excluding hydrogens is 182 g/mol. The first-order valence-corrected chi connectivity index (χ1v) is 4.43. The van der Waals surface area contributed by atoms with Gasteiger partial charge in [-0.05, 0) is 25.1 Å². The van der Waals surface area contributed by atoms with Crippen LogP contribution in [-0.2, 0) is 0 Å². The molecule has 0 saturated carbocycles. The number of carbonyl (C=O) groups is 1. The molecule has 1 unspecified atom stereocenters. The molecule has 0 fully saturated rings. The van der Waals surface area contributed by atoms with Crippen molar-refractivity contribution in [1.29, 1.82) is 0 Å². The van der Waals surface area contributed by atoms with E-state index >= 15 is 0 Å². The zero-order chi connectivity index (χ0) is 10.1. The van der Waals surface area contributed by atoms with Gasteiger partial charge in [-0.1, -0.05) is 0 Å². The molecule has 74 valence electrons. The molecule has 1 heterocycles. The van der Waals surface area contributed by atoms with E-state index in [9.17, 15) is 4.79 Å². The molecule has 14 heavy (non-hydrogen) atoms. The van der Waals surface area contributed by atoms with Crippen LogP contribution in [0.3, 0.4) is 0 Å². The predicted octanol–water partition coefficient (Wildman–Crippen LogP) is 1.58. The highest BCUT2D eigenvalue weighted by molar-refractivity contribution is 5.89. The number of anilines is 1. The standard InChI is InChI=1S/C10H11NO3/c1-6-5-14-9-3-2-7(10(12)13)4-8(9)11-6/h2-4,6,11H,5H2,1H3,(H,12,13). The number of carboxylic acid groups (broad SMARTS) is 1. The SMILES string of the molecule is CC1COc2ccc(C(=O)O)cc2N1. The van der Waals surface area contributed by atoms with Crippen LogP contribution in [0.4, 0.5) is 5.69 Å². The van der Waals surface area contributed by atoms with E-state index in [1.165, 1.54) is 0 Å². The number of ether oxygens (including phenoxy) is 1. The number of rotatable bonds is 1. The molecule has 0 saturated heterocycles. The number of aromatic carboxylic acids is 1. The second-order valence-corrected chi connectivity index (χ2v) is 3.37. The lowest BCUT2D eigenvalue weighted by Crippen LogP contribution is -2.28. The molecule has 2 rings (SSSR count). The maximum Gasteiger partial charge on any atom is 0.335 e. The summed E-state index contributed by atoms with van der Waals surface area (Å²) in [4.78, 5) is 10.7. The summed E-state index contributed by atoms with van der Waals surface area (Å²) in [5, 5.41) is 12.0. The number of hydrogen-bond acceptors (Lipinski definition) is 3. The lowest BCUT2D eigenvalue weighted by Gasteiger charge is -2.24. The molecule has 0 radical (unpaired) electrons. The molecule has 0 bridgehead atoms. The fraction of sp³-hybridized carbons (Fsp3) is 0.300. The number of fused-ring (bicyclic) bond motifs is 1. The Morgan fingerprint density at radius 2 is 2.43 bits per heavy atom. The van der Waals surface area contributed by atoms with Gasteiger partial charge in [-0.15, -0.1) is 0 Å². The van der Waals surface area contributed by atoms with Crippen molar-refractivity contribution in [2.24, 2.45) is 0 Å². The number of hydrogen-bond donors (Lipinski definition) is 2. The quantitative estimate of drug-likeness (QED) is 0.710. The van der Waals surface area contributed by atoms with Gasteiger partial charge in [0, 0.05) is 0 Å². The first-order valence-electron chi connectivity index (χ1n) is 4.43. The van der Waals surface area contributed by atoms with Crippen molar-refractivity contribution in [3.8, 4) is 5.75 Å². The van der Waals surface area contributed by atoms with Gasteiger partial charge in [0.1, 0.15) is 12.4 Å². The minimum atomic E-state index is -0.923. The van der Waals surface area contributed by atoms with Crippen LogP contribution in [-0.4, -0.2) is 23.7 Å². The van der Waals surface area contributed by atoms with Crippen molar-refractivity contribution < 1.29 is 14.6 Å². The van der Waals surface area contributed by atoms with Crippen LogP contribution >= 0.6 is 0 Å². The van der Waals surface area contributed by atoms with Gasteiger partial charge in [-0.25, -0.2) is 4.79 Å². The van der Waals surface area contributed by atoms with E-state index < -0.39 is 5.97 Å². The maximum absolute atomic E-state index is 10.7. The van der Waals surface area contributed by atoms with E-state index in [-0.39, 0.29) is 11.6 Å². The average Bonchev–Trinajstić information content (AvgIpc) is 2.16. The Bertz CT molecular complexity index is 376. The first-order chi connectivity index (χ1) is 6.66. The molecule has 1 aliphatic heterocycles. The van der Waals surface area contributed by atoms with Gasteiger partial charge in [0.25, 0.3) is 0 Å². The van der Waals surface area contributed by atoms with E-state index in [2.05, 4.69) is 5.32 Å². The van der Waals surface area contributed by atoms with Gasteiger partial charge in [0.05, 0.1) is 17.3 Å². The Morgan fingerprint density at radius 1 is 1.64 bits per heavy atom. The van der Waals surface area contributed by atoms with Crippen molar-refractivity contribution in [2.75, 3.05) is 11.9 Å². The second-order valence-electron chi connectivity index (χ2n) is 3.37. The Labute approximate surface area is 81.5 Å². The monoisotopic (exact) mass is 193 g/mol. The summed E-state index contributed by atoms with van der Waals surface area (Å²) < 4.78 is 5.42. The molecule has 4 heteroatoms.